The van der Waals surface area contributed by atoms with E-state index >= 15 is 0 Å². The minimum absolute atomic E-state index is 0.117. The lowest BCUT2D eigenvalue weighted by atomic mass is 10.1. The van der Waals surface area contributed by atoms with Crippen LogP contribution >= 0.6 is 0 Å². The molecule has 0 spiro atoms. The summed E-state index contributed by atoms with van der Waals surface area (Å²) < 4.78 is 10.2. The molecule has 0 saturated heterocycles. The first kappa shape index (κ1) is 13.7. The van der Waals surface area contributed by atoms with E-state index in [2.05, 4.69) is 10.3 Å². The van der Waals surface area contributed by atoms with Gasteiger partial charge in [-0.3, -0.25) is 0 Å². The van der Waals surface area contributed by atoms with Crippen LogP contribution in [-0.4, -0.2) is 30.5 Å². The molecule has 0 saturated carbocycles. The zero-order valence-corrected chi connectivity index (χ0v) is 11.2. The number of pyridine rings is 1. The van der Waals surface area contributed by atoms with Crippen LogP contribution in [0.1, 0.15) is 5.56 Å². The third-order valence-corrected chi connectivity index (χ3v) is 2.67. The number of anilines is 2. The molecule has 3 N–H and O–H groups in total. The molecular formula is C14H15N3O3. The van der Waals surface area contributed by atoms with Gasteiger partial charge < -0.3 is 25.3 Å². The van der Waals surface area contributed by atoms with Gasteiger partial charge in [0.05, 0.1) is 19.9 Å². The molecule has 1 aromatic heterocycles. The van der Waals surface area contributed by atoms with Crippen LogP contribution in [0.3, 0.4) is 0 Å². The van der Waals surface area contributed by atoms with E-state index in [1.165, 1.54) is 26.5 Å². The smallest absolute Gasteiger partial charge is 0.218 e. The number of nitrogens with zero attached hydrogens (tertiary/aromatic N) is 1. The number of ether oxygens (including phenoxy) is 2. The lowest BCUT2D eigenvalue weighted by Gasteiger charge is -2.12. The van der Waals surface area contributed by atoms with Gasteiger partial charge in [0.25, 0.3) is 0 Å². The Kier molecular flexibility index (Phi) is 4.05. The van der Waals surface area contributed by atoms with Crippen molar-refractivity contribution < 1.29 is 14.6 Å². The van der Waals surface area contributed by atoms with Gasteiger partial charge in [0.2, 0.25) is 11.8 Å². The average molecular weight is 273 g/mol. The van der Waals surface area contributed by atoms with Crippen molar-refractivity contribution in [3.05, 3.63) is 35.9 Å². The first-order chi connectivity index (χ1) is 9.66. The van der Waals surface area contributed by atoms with Crippen LogP contribution in [0.4, 0.5) is 11.4 Å². The van der Waals surface area contributed by atoms with E-state index in [4.69, 9.17) is 14.9 Å². The molecular weight excluding hydrogens is 258 g/mol. The van der Waals surface area contributed by atoms with Gasteiger partial charge >= 0.3 is 0 Å². The van der Waals surface area contributed by atoms with Crippen molar-refractivity contribution >= 4 is 17.6 Å². The number of phenolic OH excluding ortho intramolecular Hbond substituents is 1. The fourth-order valence-corrected chi connectivity index (χ4v) is 1.70. The fourth-order valence-electron chi connectivity index (χ4n) is 1.70. The Hall–Kier alpha value is -2.76. The Balaban J connectivity index is 2.38. The summed E-state index contributed by atoms with van der Waals surface area (Å²) in [6.45, 7) is 0. The van der Waals surface area contributed by atoms with Crippen molar-refractivity contribution in [3.63, 3.8) is 0 Å². The summed E-state index contributed by atoms with van der Waals surface area (Å²) in [5, 5.41) is 20.0. The molecule has 1 aromatic carbocycles. The molecule has 20 heavy (non-hydrogen) atoms. The first-order valence-electron chi connectivity index (χ1n) is 5.87. The normalized spacial score (nSPS) is 9.90. The summed E-state index contributed by atoms with van der Waals surface area (Å²) in [5.41, 5.74) is 1.94. The van der Waals surface area contributed by atoms with Crippen molar-refractivity contribution in [2.45, 2.75) is 0 Å². The highest BCUT2D eigenvalue weighted by Crippen LogP contribution is 2.28. The van der Waals surface area contributed by atoms with Crippen LogP contribution in [0.15, 0.2) is 30.3 Å². The minimum atomic E-state index is 0.117. The second kappa shape index (κ2) is 5.92. The van der Waals surface area contributed by atoms with Gasteiger partial charge in [-0.05, 0) is 12.1 Å². The molecule has 0 aliphatic heterocycles. The van der Waals surface area contributed by atoms with E-state index < -0.39 is 0 Å². The molecule has 6 nitrogen and oxygen atoms in total. The number of aromatic nitrogens is 1. The molecule has 0 aliphatic rings. The SMILES string of the molecule is COc1cc(Nc2cc(O)ccc2C=N)cc(OC)n1. The topological polar surface area (TPSA) is 87.5 Å². The molecule has 0 aliphatic carbocycles. The zero-order valence-electron chi connectivity index (χ0n) is 11.2. The highest BCUT2D eigenvalue weighted by molar-refractivity contribution is 5.88. The summed E-state index contributed by atoms with van der Waals surface area (Å²) >= 11 is 0. The van der Waals surface area contributed by atoms with E-state index in [0.29, 0.717) is 28.7 Å². The molecule has 0 radical (unpaired) electrons. The van der Waals surface area contributed by atoms with E-state index in [1.54, 1.807) is 24.3 Å². The molecule has 0 amide bonds. The molecule has 0 unspecified atom stereocenters. The van der Waals surface area contributed by atoms with Gasteiger partial charge in [0, 0.05) is 35.7 Å². The highest BCUT2D eigenvalue weighted by Gasteiger charge is 2.06. The lowest BCUT2D eigenvalue weighted by molar-refractivity contribution is 0.365. The van der Waals surface area contributed by atoms with Crippen LogP contribution < -0.4 is 14.8 Å². The second-order valence-corrected chi connectivity index (χ2v) is 3.98. The lowest BCUT2D eigenvalue weighted by Crippen LogP contribution is -1.98. The Morgan fingerprint density at radius 1 is 1.15 bits per heavy atom. The first-order valence-corrected chi connectivity index (χ1v) is 5.87. The van der Waals surface area contributed by atoms with Crippen molar-refractivity contribution in [3.8, 4) is 17.5 Å². The van der Waals surface area contributed by atoms with E-state index in [1.807, 2.05) is 0 Å². The number of phenols is 1. The molecule has 2 rings (SSSR count). The zero-order chi connectivity index (χ0) is 14.5. The molecule has 6 heteroatoms. The van der Waals surface area contributed by atoms with E-state index in [0.717, 1.165) is 0 Å². The number of benzene rings is 1. The number of hydrogen-bond donors (Lipinski definition) is 3. The molecule has 0 bridgehead atoms. The Morgan fingerprint density at radius 2 is 1.80 bits per heavy atom. The number of methoxy groups -OCH3 is 2. The summed E-state index contributed by atoms with van der Waals surface area (Å²) in [6, 6.07) is 8.11. The second-order valence-electron chi connectivity index (χ2n) is 3.98. The van der Waals surface area contributed by atoms with Gasteiger partial charge in [0.1, 0.15) is 5.75 Å². The third kappa shape index (κ3) is 2.97. The number of rotatable bonds is 5. The van der Waals surface area contributed by atoms with Gasteiger partial charge in [-0.25, -0.2) is 0 Å². The van der Waals surface area contributed by atoms with Crippen LogP contribution in [0, 0.1) is 5.41 Å². The maximum absolute atomic E-state index is 9.54. The van der Waals surface area contributed by atoms with Crippen molar-refractivity contribution in [1.29, 1.82) is 5.41 Å². The van der Waals surface area contributed by atoms with Crippen molar-refractivity contribution in [1.82, 2.24) is 4.98 Å². The minimum Gasteiger partial charge on any atom is -0.508 e. The third-order valence-electron chi connectivity index (χ3n) is 2.67. The van der Waals surface area contributed by atoms with E-state index in [-0.39, 0.29) is 5.75 Å². The van der Waals surface area contributed by atoms with Gasteiger partial charge in [-0.15, -0.1) is 0 Å². The summed E-state index contributed by atoms with van der Waals surface area (Å²) in [7, 11) is 3.03. The number of hydrogen-bond acceptors (Lipinski definition) is 6. The van der Waals surface area contributed by atoms with Crippen LogP contribution in [0.25, 0.3) is 0 Å². The largest absolute Gasteiger partial charge is 0.508 e. The quantitative estimate of drug-likeness (QED) is 0.729. The predicted molar refractivity (Wildman–Crippen MR) is 76.6 cm³/mol. The molecule has 1 heterocycles. The van der Waals surface area contributed by atoms with Gasteiger partial charge in [-0.2, -0.15) is 4.98 Å². The van der Waals surface area contributed by atoms with Crippen LogP contribution in [-0.2, 0) is 0 Å². The number of nitrogens with one attached hydrogen (secondary N) is 2. The maximum atomic E-state index is 9.54. The Morgan fingerprint density at radius 3 is 2.35 bits per heavy atom. The standard InChI is InChI=1S/C14H15N3O3/c1-19-13-5-10(6-14(17-13)20-2)16-12-7-11(18)4-3-9(12)8-15/h3-8,15,18H,1-2H3,(H,16,17). The molecule has 0 atom stereocenters. The Bertz CT molecular complexity index is 607. The monoisotopic (exact) mass is 273 g/mol. The molecule has 0 fully saturated rings. The van der Waals surface area contributed by atoms with Gasteiger partial charge in [0.15, 0.2) is 0 Å². The average Bonchev–Trinajstić information content (AvgIpc) is 2.47. The van der Waals surface area contributed by atoms with Crippen LogP contribution in [0.2, 0.25) is 0 Å². The van der Waals surface area contributed by atoms with Crippen molar-refractivity contribution in [2.24, 2.45) is 0 Å². The van der Waals surface area contributed by atoms with Gasteiger partial charge in [-0.1, -0.05) is 0 Å². The van der Waals surface area contributed by atoms with E-state index in [9.17, 15) is 5.11 Å². The summed E-state index contributed by atoms with van der Waals surface area (Å²) in [4.78, 5) is 4.09. The maximum Gasteiger partial charge on any atom is 0.218 e. The fraction of sp³-hybridized carbons (Fsp3) is 0.143. The summed E-state index contributed by atoms with van der Waals surface area (Å²) in [6.07, 6.45) is 1.21. The Labute approximate surface area is 116 Å². The number of aromatic hydroxyl groups is 1. The molecule has 104 valence electrons. The predicted octanol–water partition coefficient (Wildman–Crippen LogP) is 2.55. The highest BCUT2D eigenvalue weighted by atomic mass is 16.5. The molecule has 2 aromatic rings. The summed E-state index contributed by atoms with van der Waals surface area (Å²) in [5.74, 6) is 0.929. The van der Waals surface area contributed by atoms with Crippen molar-refractivity contribution in [2.75, 3.05) is 19.5 Å². The van der Waals surface area contributed by atoms with Crippen LogP contribution in [0.5, 0.6) is 17.5 Å².